The van der Waals surface area contributed by atoms with Crippen molar-refractivity contribution >= 4 is 21.8 Å². The van der Waals surface area contributed by atoms with Crippen molar-refractivity contribution in [1.82, 2.24) is 10.5 Å². The molecule has 0 atom stereocenters. The van der Waals surface area contributed by atoms with Crippen molar-refractivity contribution < 1.29 is 14.1 Å². The predicted octanol–water partition coefficient (Wildman–Crippen LogP) is 2.30. The molecule has 0 bridgehead atoms. The van der Waals surface area contributed by atoms with Crippen molar-refractivity contribution in [3.63, 3.8) is 0 Å². The molecule has 1 aromatic heterocycles. The summed E-state index contributed by atoms with van der Waals surface area (Å²) >= 11 is 3.47. The standard InChI is InChI=1S/C13H11BrN2O3/c14-10-5-8-1-3-18-12(8)9(6-10)7-15-13(17)11-2-4-19-16-11/h2,4-6H,1,3,7H2,(H,15,17). The minimum absolute atomic E-state index is 0.263. The first-order valence-corrected chi connectivity index (χ1v) is 6.66. The molecular weight excluding hydrogens is 312 g/mol. The van der Waals surface area contributed by atoms with Crippen LogP contribution in [0.2, 0.25) is 0 Å². The highest BCUT2D eigenvalue weighted by Crippen LogP contribution is 2.32. The lowest BCUT2D eigenvalue weighted by atomic mass is 10.1. The predicted molar refractivity (Wildman–Crippen MR) is 71.0 cm³/mol. The molecular formula is C13H11BrN2O3. The third kappa shape index (κ3) is 2.49. The van der Waals surface area contributed by atoms with Gasteiger partial charge in [0, 0.05) is 29.1 Å². The molecule has 1 aromatic carbocycles. The molecule has 6 heteroatoms. The number of rotatable bonds is 3. The van der Waals surface area contributed by atoms with Crippen molar-refractivity contribution in [2.45, 2.75) is 13.0 Å². The van der Waals surface area contributed by atoms with Gasteiger partial charge in [-0.1, -0.05) is 21.1 Å². The molecule has 1 amide bonds. The zero-order valence-electron chi connectivity index (χ0n) is 9.98. The summed E-state index contributed by atoms with van der Waals surface area (Å²) < 4.78 is 11.2. The Morgan fingerprint density at radius 3 is 3.16 bits per heavy atom. The average molecular weight is 323 g/mol. The normalized spacial score (nSPS) is 12.9. The van der Waals surface area contributed by atoms with Crippen LogP contribution < -0.4 is 10.1 Å². The van der Waals surface area contributed by atoms with E-state index in [1.807, 2.05) is 12.1 Å². The summed E-state index contributed by atoms with van der Waals surface area (Å²) in [6.45, 7) is 1.09. The number of halogens is 1. The number of nitrogens with one attached hydrogen (secondary N) is 1. The van der Waals surface area contributed by atoms with Crippen LogP contribution in [0.15, 0.2) is 33.5 Å². The molecule has 2 aromatic rings. The largest absolute Gasteiger partial charge is 0.493 e. The Kier molecular flexibility index (Phi) is 3.25. The summed E-state index contributed by atoms with van der Waals surface area (Å²) in [6, 6.07) is 5.52. The van der Waals surface area contributed by atoms with Crippen LogP contribution in [0.25, 0.3) is 0 Å². The fourth-order valence-corrected chi connectivity index (χ4v) is 2.63. The van der Waals surface area contributed by atoms with Crippen LogP contribution in [0.3, 0.4) is 0 Å². The first-order chi connectivity index (χ1) is 9.24. The van der Waals surface area contributed by atoms with Crippen molar-refractivity contribution in [3.05, 3.63) is 45.8 Å². The maximum atomic E-state index is 11.8. The number of amides is 1. The second-order valence-corrected chi connectivity index (χ2v) is 5.13. The monoisotopic (exact) mass is 322 g/mol. The highest BCUT2D eigenvalue weighted by Gasteiger charge is 2.18. The topological polar surface area (TPSA) is 64.4 Å². The third-order valence-corrected chi connectivity index (χ3v) is 3.39. The fourth-order valence-electron chi connectivity index (χ4n) is 2.07. The third-order valence-electron chi connectivity index (χ3n) is 2.94. The van der Waals surface area contributed by atoms with Gasteiger partial charge in [-0.15, -0.1) is 0 Å². The number of fused-ring (bicyclic) bond motifs is 1. The second-order valence-electron chi connectivity index (χ2n) is 4.22. The number of ether oxygens (including phenoxy) is 1. The number of hydrogen-bond acceptors (Lipinski definition) is 4. The molecule has 1 aliphatic rings. The zero-order chi connectivity index (χ0) is 13.2. The first-order valence-electron chi connectivity index (χ1n) is 5.87. The lowest BCUT2D eigenvalue weighted by molar-refractivity contribution is 0.0941. The first kappa shape index (κ1) is 12.2. The number of nitrogens with zero attached hydrogens (tertiary/aromatic N) is 1. The van der Waals surface area contributed by atoms with Gasteiger partial charge in [-0.25, -0.2) is 0 Å². The van der Waals surface area contributed by atoms with Crippen LogP contribution >= 0.6 is 15.9 Å². The maximum absolute atomic E-state index is 11.8. The lowest BCUT2D eigenvalue weighted by Crippen LogP contribution is -2.23. The van der Waals surface area contributed by atoms with Crippen LogP contribution in [-0.4, -0.2) is 17.7 Å². The van der Waals surface area contributed by atoms with E-state index in [1.54, 1.807) is 0 Å². The molecule has 0 unspecified atom stereocenters. The summed E-state index contributed by atoms with van der Waals surface area (Å²) in [7, 11) is 0. The maximum Gasteiger partial charge on any atom is 0.273 e. The van der Waals surface area contributed by atoms with Gasteiger partial charge in [0.05, 0.1) is 6.61 Å². The molecule has 0 spiro atoms. The minimum atomic E-state index is -0.263. The van der Waals surface area contributed by atoms with Crippen LogP contribution in [-0.2, 0) is 13.0 Å². The summed E-state index contributed by atoms with van der Waals surface area (Å²) in [5, 5.41) is 6.39. The van der Waals surface area contributed by atoms with Crippen LogP contribution in [0.5, 0.6) is 5.75 Å². The number of aromatic nitrogens is 1. The van der Waals surface area contributed by atoms with E-state index in [-0.39, 0.29) is 11.6 Å². The molecule has 0 aliphatic carbocycles. The van der Waals surface area contributed by atoms with Gasteiger partial charge < -0.3 is 14.6 Å². The van der Waals surface area contributed by atoms with Crippen LogP contribution in [0.4, 0.5) is 0 Å². The molecule has 3 rings (SSSR count). The minimum Gasteiger partial charge on any atom is -0.493 e. The number of benzene rings is 1. The Balaban J connectivity index is 1.76. The molecule has 1 N–H and O–H groups in total. The molecule has 0 radical (unpaired) electrons. The lowest BCUT2D eigenvalue weighted by Gasteiger charge is -2.09. The number of carbonyl (C=O) groups is 1. The Hall–Kier alpha value is -1.82. The molecule has 98 valence electrons. The van der Waals surface area contributed by atoms with Crippen LogP contribution in [0.1, 0.15) is 21.6 Å². The van der Waals surface area contributed by atoms with Crippen LogP contribution in [0, 0.1) is 0 Å². The number of hydrogen-bond donors (Lipinski definition) is 1. The summed E-state index contributed by atoms with van der Waals surface area (Å²) in [5.74, 6) is 0.615. The van der Waals surface area contributed by atoms with Gasteiger partial charge in [0.25, 0.3) is 5.91 Å². The zero-order valence-corrected chi connectivity index (χ0v) is 11.6. The molecule has 0 fully saturated rings. The Bertz CT molecular complexity index is 611. The molecule has 5 nitrogen and oxygen atoms in total. The van der Waals surface area contributed by atoms with E-state index in [9.17, 15) is 4.79 Å². The molecule has 0 saturated heterocycles. The van der Waals surface area contributed by atoms with E-state index < -0.39 is 0 Å². The van der Waals surface area contributed by atoms with Gasteiger partial charge in [-0.3, -0.25) is 4.79 Å². The van der Waals surface area contributed by atoms with Gasteiger partial charge >= 0.3 is 0 Å². The van der Waals surface area contributed by atoms with E-state index in [1.165, 1.54) is 17.9 Å². The van der Waals surface area contributed by atoms with Gasteiger partial charge in [-0.2, -0.15) is 0 Å². The van der Waals surface area contributed by atoms with Crippen molar-refractivity contribution in [1.29, 1.82) is 0 Å². The highest BCUT2D eigenvalue weighted by molar-refractivity contribution is 9.10. The SMILES string of the molecule is O=C(NCc1cc(Br)cc2c1OCC2)c1ccon1. The van der Waals surface area contributed by atoms with Crippen molar-refractivity contribution in [3.8, 4) is 5.75 Å². The van der Waals surface area contributed by atoms with Gasteiger partial charge in [0.1, 0.15) is 12.0 Å². The van der Waals surface area contributed by atoms with Gasteiger partial charge in [0.2, 0.25) is 0 Å². The van der Waals surface area contributed by atoms with E-state index in [0.29, 0.717) is 13.2 Å². The second kappa shape index (κ2) is 5.05. The van der Waals surface area contributed by atoms with Crippen molar-refractivity contribution in [2.75, 3.05) is 6.61 Å². The molecule has 0 saturated carbocycles. The molecule has 2 heterocycles. The highest BCUT2D eigenvalue weighted by atomic mass is 79.9. The van der Waals surface area contributed by atoms with E-state index in [4.69, 9.17) is 4.74 Å². The fraction of sp³-hybridized carbons (Fsp3) is 0.231. The average Bonchev–Trinajstić information content (AvgIpc) is 3.05. The summed E-state index contributed by atoms with van der Waals surface area (Å²) in [4.78, 5) is 11.8. The number of carbonyl (C=O) groups excluding carboxylic acids is 1. The summed E-state index contributed by atoms with van der Waals surface area (Å²) in [6.07, 6.45) is 2.27. The van der Waals surface area contributed by atoms with Gasteiger partial charge in [-0.05, 0) is 17.7 Å². The molecule has 19 heavy (non-hydrogen) atoms. The summed E-state index contributed by atoms with van der Waals surface area (Å²) in [5.41, 5.74) is 2.39. The Morgan fingerprint density at radius 2 is 2.37 bits per heavy atom. The molecule has 1 aliphatic heterocycles. The smallest absolute Gasteiger partial charge is 0.273 e. The van der Waals surface area contributed by atoms with Gasteiger partial charge in [0.15, 0.2) is 5.69 Å². The van der Waals surface area contributed by atoms with Crippen molar-refractivity contribution in [2.24, 2.45) is 0 Å². The van der Waals surface area contributed by atoms with E-state index in [0.717, 1.165) is 22.2 Å². The van der Waals surface area contributed by atoms with E-state index >= 15 is 0 Å². The Labute approximate surface area is 118 Å². The quantitative estimate of drug-likeness (QED) is 0.941. The van der Waals surface area contributed by atoms with E-state index in [2.05, 4.69) is 30.9 Å². The Morgan fingerprint density at radius 1 is 1.47 bits per heavy atom.